The molecule has 3 rings (SSSR count). The van der Waals surface area contributed by atoms with E-state index >= 15 is 0 Å². The number of anilines is 3. The van der Waals surface area contributed by atoms with Crippen molar-refractivity contribution < 1.29 is 4.39 Å². The number of hydrogen-bond acceptors (Lipinski definition) is 4. The maximum atomic E-state index is 13.8. The third-order valence-electron chi connectivity index (χ3n) is 3.27. The van der Waals surface area contributed by atoms with Gasteiger partial charge in [0.1, 0.15) is 11.6 Å². The molecule has 2 N–H and O–H groups in total. The minimum Gasteiger partial charge on any atom is -0.354 e. The van der Waals surface area contributed by atoms with Crippen molar-refractivity contribution >= 4 is 17.5 Å². The highest BCUT2D eigenvalue weighted by atomic mass is 19.1. The van der Waals surface area contributed by atoms with Crippen molar-refractivity contribution in [1.29, 1.82) is 0 Å². The summed E-state index contributed by atoms with van der Waals surface area (Å²) in [6.45, 7) is 2.68. The molecular weight excluding hydrogens is 291 g/mol. The van der Waals surface area contributed by atoms with E-state index in [1.165, 1.54) is 6.07 Å². The van der Waals surface area contributed by atoms with Gasteiger partial charge in [-0.05, 0) is 19.1 Å². The van der Waals surface area contributed by atoms with Crippen LogP contribution in [0, 0.1) is 5.82 Å². The molecule has 3 aromatic rings. The Morgan fingerprint density at radius 2 is 1.70 bits per heavy atom. The summed E-state index contributed by atoms with van der Waals surface area (Å²) in [6.07, 6.45) is 0. The molecule has 4 nitrogen and oxygen atoms in total. The molecule has 0 spiro atoms. The lowest BCUT2D eigenvalue weighted by Crippen LogP contribution is -2.05. The van der Waals surface area contributed by atoms with E-state index in [2.05, 4.69) is 20.6 Å². The second-order valence-electron chi connectivity index (χ2n) is 4.96. The Bertz CT molecular complexity index is 790. The third-order valence-corrected chi connectivity index (χ3v) is 3.27. The molecule has 0 aliphatic carbocycles. The number of rotatable bonds is 5. The van der Waals surface area contributed by atoms with Gasteiger partial charge < -0.3 is 10.6 Å². The highest BCUT2D eigenvalue weighted by Crippen LogP contribution is 2.24. The Hall–Kier alpha value is -2.95. The zero-order valence-corrected chi connectivity index (χ0v) is 12.8. The monoisotopic (exact) mass is 308 g/mol. The molecule has 0 saturated carbocycles. The fraction of sp³-hybridized carbons (Fsp3) is 0.111. The summed E-state index contributed by atoms with van der Waals surface area (Å²) in [4.78, 5) is 8.89. The molecule has 0 atom stereocenters. The van der Waals surface area contributed by atoms with E-state index < -0.39 is 0 Å². The van der Waals surface area contributed by atoms with Crippen molar-refractivity contribution in [2.75, 3.05) is 17.2 Å². The molecule has 0 bridgehead atoms. The van der Waals surface area contributed by atoms with Gasteiger partial charge in [-0.15, -0.1) is 0 Å². The first kappa shape index (κ1) is 15.0. The first-order valence-electron chi connectivity index (χ1n) is 7.46. The summed E-state index contributed by atoms with van der Waals surface area (Å²) in [5, 5.41) is 6.12. The maximum absolute atomic E-state index is 13.8. The average Bonchev–Trinajstić information content (AvgIpc) is 2.58. The molecule has 0 aliphatic rings. The molecule has 0 fully saturated rings. The third kappa shape index (κ3) is 3.63. The first-order valence-corrected chi connectivity index (χ1v) is 7.46. The molecule has 0 aliphatic heterocycles. The van der Waals surface area contributed by atoms with Crippen LogP contribution in [-0.2, 0) is 0 Å². The summed E-state index contributed by atoms with van der Waals surface area (Å²) >= 11 is 0. The minimum atomic E-state index is -0.322. The summed E-state index contributed by atoms with van der Waals surface area (Å²) < 4.78 is 13.8. The van der Waals surface area contributed by atoms with Gasteiger partial charge in [-0.1, -0.05) is 42.5 Å². The van der Waals surface area contributed by atoms with E-state index in [-0.39, 0.29) is 5.82 Å². The van der Waals surface area contributed by atoms with Gasteiger partial charge in [0.25, 0.3) is 0 Å². The minimum absolute atomic E-state index is 0.322. The predicted molar refractivity (Wildman–Crippen MR) is 91.3 cm³/mol. The number of aromatic nitrogens is 2. The smallest absolute Gasteiger partial charge is 0.225 e. The average molecular weight is 308 g/mol. The van der Waals surface area contributed by atoms with E-state index in [0.717, 1.165) is 11.3 Å². The van der Waals surface area contributed by atoms with Gasteiger partial charge in [0.15, 0.2) is 0 Å². The van der Waals surface area contributed by atoms with Crippen LogP contribution < -0.4 is 10.6 Å². The Morgan fingerprint density at radius 3 is 2.43 bits per heavy atom. The lowest BCUT2D eigenvalue weighted by molar-refractivity contribution is 0.632. The van der Waals surface area contributed by atoms with E-state index in [1.807, 2.05) is 43.3 Å². The summed E-state index contributed by atoms with van der Waals surface area (Å²) in [5.74, 6) is 0.727. The maximum Gasteiger partial charge on any atom is 0.225 e. The van der Waals surface area contributed by atoms with Crippen LogP contribution in [0.15, 0.2) is 60.7 Å². The number of halogens is 1. The highest BCUT2D eigenvalue weighted by Gasteiger charge is 2.08. The van der Waals surface area contributed by atoms with Crippen molar-refractivity contribution in [3.05, 3.63) is 66.5 Å². The lowest BCUT2D eigenvalue weighted by atomic mass is 10.1. The van der Waals surface area contributed by atoms with Crippen LogP contribution >= 0.6 is 0 Å². The van der Waals surface area contributed by atoms with Crippen LogP contribution in [0.2, 0.25) is 0 Å². The molecule has 116 valence electrons. The molecule has 2 aromatic carbocycles. The summed E-state index contributed by atoms with van der Waals surface area (Å²) in [6, 6.07) is 18.1. The van der Waals surface area contributed by atoms with Gasteiger partial charge in [-0.2, -0.15) is 4.98 Å². The van der Waals surface area contributed by atoms with Crippen LogP contribution in [0.1, 0.15) is 6.92 Å². The van der Waals surface area contributed by atoms with Gasteiger partial charge >= 0.3 is 0 Å². The normalized spacial score (nSPS) is 10.3. The van der Waals surface area contributed by atoms with E-state index in [1.54, 1.807) is 18.2 Å². The number of benzene rings is 2. The Kier molecular flexibility index (Phi) is 4.47. The highest BCUT2D eigenvalue weighted by molar-refractivity contribution is 5.67. The second-order valence-corrected chi connectivity index (χ2v) is 4.96. The van der Waals surface area contributed by atoms with Crippen molar-refractivity contribution in [1.82, 2.24) is 9.97 Å². The fourth-order valence-corrected chi connectivity index (χ4v) is 2.21. The Balaban J connectivity index is 1.99. The number of nitrogens with zero attached hydrogens (tertiary/aromatic N) is 2. The zero-order chi connectivity index (χ0) is 16.1. The van der Waals surface area contributed by atoms with Crippen molar-refractivity contribution in [2.24, 2.45) is 0 Å². The molecular formula is C18H17FN4. The van der Waals surface area contributed by atoms with E-state index in [0.29, 0.717) is 24.0 Å². The van der Waals surface area contributed by atoms with Crippen molar-refractivity contribution in [3.63, 3.8) is 0 Å². The largest absolute Gasteiger partial charge is 0.354 e. The molecule has 0 amide bonds. The Labute approximate surface area is 134 Å². The topological polar surface area (TPSA) is 49.8 Å². The van der Waals surface area contributed by atoms with Crippen LogP contribution in [-0.4, -0.2) is 16.5 Å². The predicted octanol–water partition coefficient (Wildman–Crippen LogP) is 4.46. The van der Waals surface area contributed by atoms with Crippen molar-refractivity contribution in [3.8, 4) is 11.3 Å². The van der Waals surface area contributed by atoms with Gasteiger partial charge in [-0.25, -0.2) is 9.37 Å². The summed E-state index contributed by atoms with van der Waals surface area (Å²) in [7, 11) is 0. The van der Waals surface area contributed by atoms with Crippen LogP contribution in [0.5, 0.6) is 0 Å². The standard InChI is InChI=1S/C18H17FN4/c1-2-20-18-22-16(13-8-4-3-5-9-13)12-17(23-18)21-15-11-7-6-10-14(15)19/h3-12H,2H2,1H3,(H2,20,21,22,23). The molecule has 1 aromatic heterocycles. The van der Waals surface area contributed by atoms with Crippen molar-refractivity contribution in [2.45, 2.75) is 6.92 Å². The molecule has 0 saturated heterocycles. The number of para-hydroxylation sites is 1. The van der Waals surface area contributed by atoms with Gasteiger partial charge in [0, 0.05) is 18.2 Å². The second kappa shape index (κ2) is 6.87. The number of nitrogens with one attached hydrogen (secondary N) is 2. The van der Waals surface area contributed by atoms with E-state index in [9.17, 15) is 4.39 Å². The Morgan fingerprint density at radius 1 is 0.957 bits per heavy atom. The first-order chi connectivity index (χ1) is 11.3. The van der Waals surface area contributed by atoms with Gasteiger partial charge in [-0.3, -0.25) is 0 Å². The lowest BCUT2D eigenvalue weighted by Gasteiger charge is -2.11. The molecule has 0 radical (unpaired) electrons. The molecule has 0 unspecified atom stereocenters. The van der Waals surface area contributed by atoms with Gasteiger partial charge in [0.05, 0.1) is 11.4 Å². The zero-order valence-electron chi connectivity index (χ0n) is 12.8. The fourth-order valence-electron chi connectivity index (χ4n) is 2.21. The molecule has 5 heteroatoms. The molecule has 23 heavy (non-hydrogen) atoms. The molecule has 1 heterocycles. The van der Waals surface area contributed by atoms with E-state index in [4.69, 9.17) is 0 Å². The van der Waals surface area contributed by atoms with Crippen LogP contribution in [0.3, 0.4) is 0 Å². The quantitative estimate of drug-likeness (QED) is 0.730. The summed E-state index contributed by atoms with van der Waals surface area (Å²) in [5.41, 5.74) is 2.13. The van der Waals surface area contributed by atoms with Crippen LogP contribution in [0.4, 0.5) is 21.8 Å². The van der Waals surface area contributed by atoms with Gasteiger partial charge in [0.2, 0.25) is 5.95 Å². The number of hydrogen-bond donors (Lipinski definition) is 2. The van der Waals surface area contributed by atoms with Crippen LogP contribution in [0.25, 0.3) is 11.3 Å². The SMILES string of the molecule is CCNc1nc(Nc2ccccc2F)cc(-c2ccccc2)n1.